The van der Waals surface area contributed by atoms with Gasteiger partial charge >= 0.3 is 0 Å². The molecule has 0 radical (unpaired) electrons. The predicted molar refractivity (Wildman–Crippen MR) is 67.6 cm³/mol. The van der Waals surface area contributed by atoms with E-state index in [0.29, 0.717) is 5.82 Å². The number of nitrogens with zero attached hydrogens (tertiary/aromatic N) is 2. The molecule has 100 valence electrons. The second kappa shape index (κ2) is 5.86. The largest absolute Gasteiger partial charge is 0.396 e. The SMILES string of the molecule is Nc1ccn(CC(=O)NC2CCCCC2CO)n1. The molecule has 1 heterocycles. The van der Waals surface area contributed by atoms with E-state index in [-0.39, 0.29) is 31.0 Å². The molecule has 1 aliphatic rings. The smallest absolute Gasteiger partial charge is 0.241 e. The van der Waals surface area contributed by atoms with Crippen molar-refractivity contribution in [1.82, 2.24) is 15.1 Å². The molecule has 1 aromatic rings. The summed E-state index contributed by atoms with van der Waals surface area (Å²) in [5, 5.41) is 16.2. The molecule has 2 rings (SSSR count). The van der Waals surface area contributed by atoms with Crippen LogP contribution in [0, 0.1) is 5.92 Å². The van der Waals surface area contributed by atoms with Gasteiger partial charge in [0.15, 0.2) is 0 Å². The number of carbonyl (C=O) groups is 1. The Morgan fingerprint density at radius 2 is 2.33 bits per heavy atom. The van der Waals surface area contributed by atoms with Gasteiger partial charge in [-0.2, -0.15) is 5.10 Å². The number of aliphatic hydroxyl groups excluding tert-OH is 1. The third-order valence-electron chi connectivity index (χ3n) is 3.46. The van der Waals surface area contributed by atoms with Crippen LogP contribution in [0.15, 0.2) is 12.3 Å². The van der Waals surface area contributed by atoms with E-state index in [4.69, 9.17) is 5.73 Å². The van der Waals surface area contributed by atoms with Crippen molar-refractivity contribution in [3.8, 4) is 0 Å². The van der Waals surface area contributed by atoms with E-state index >= 15 is 0 Å². The molecule has 6 heteroatoms. The zero-order valence-electron chi connectivity index (χ0n) is 10.4. The number of hydrogen-bond acceptors (Lipinski definition) is 4. The fraction of sp³-hybridized carbons (Fsp3) is 0.667. The van der Waals surface area contributed by atoms with E-state index < -0.39 is 0 Å². The van der Waals surface area contributed by atoms with Crippen LogP contribution < -0.4 is 11.1 Å². The summed E-state index contributed by atoms with van der Waals surface area (Å²) >= 11 is 0. The summed E-state index contributed by atoms with van der Waals surface area (Å²) in [6.45, 7) is 0.311. The lowest BCUT2D eigenvalue weighted by molar-refractivity contribution is -0.123. The Hall–Kier alpha value is -1.56. The lowest BCUT2D eigenvalue weighted by Crippen LogP contribution is -2.44. The van der Waals surface area contributed by atoms with Crippen LogP contribution in [0.5, 0.6) is 0 Å². The number of carbonyl (C=O) groups excluding carboxylic acids is 1. The van der Waals surface area contributed by atoms with E-state index in [1.165, 1.54) is 4.68 Å². The maximum absolute atomic E-state index is 11.9. The molecule has 1 saturated carbocycles. The highest BCUT2D eigenvalue weighted by molar-refractivity contribution is 5.76. The van der Waals surface area contributed by atoms with Gasteiger partial charge in [0.05, 0.1) is 0 Å². The summed E-state index contributed by atoms with van der Waals surface area (Å²) < 4.78 is 1.52. The van der Waals surface area contributed by atoms with Crippen molar-refractivity contribution in [2.24, 2.45) is 5.92 Å². The molecule has 18 heavy (non-hydrogen) atoms. The minimum atomic E-state index is -0.0801. The van der Waals surface area contributed by atoms with Crippen LogP contribution in [0.4, 0.5) is 5.82 Å². The summed E-state index contributed by atoms with van der Waals surface area (Å²) in [4.78, 5) is 11.9. The van der Waals surface area contributed by atoms with Gasteiger partial charge in [0, 0.05) is 24.8 Å². The molecule has 1 aromatic heterocycles. The minimum absolute atomic E-state index is 0.0801. The molecule has 0 aromatic carbocycles. The highest BCUT2D eigenvalue weighted by Crippen LogP contribution is 2.23. The van der Waals surface area contributed by atoms with E-state index in [2.05, 4.69) is 10.4 Å². The highest BCUT2D eigenvalue weighted by Gasteiger charge is 2.25. The maximum atomic E-state index is 11.9. The Morgan fingerprint density at radius 3 is 3.00 bits per heavy atom. The first-order valence-corrected chi connectivity index (χ1v) is 6.38. The quantitative estimate of drug-likeness (QED) is 0.710. The average molecular weight is 252 g/mol. The molecule has 1 fully saturated rings. The molecule has 4 N–H and O–H groups in total. The second-order valence-corrected chi connectivity index (χ2v) is 4.84. The van der Waals surface area contributed by atoms with Crippen LogP contribution in [0.1, 0.15) is 25.7 Å². The molecule has 1 amide bonds. The normalized spacial score (nSPS) is 23.8. The number of aromatic nitrogens is 2. The number of nitrogens with two attached hydrogens (primary N) is 1. The second-order valence-electron chi connectivity index (χ2n) is 4.84. The van der Waals surface area contributed by atoms with E-state index in [0.717, 1.165) is 25.7 Å². The standard InChI is InChI=1S/C12H20N4O2/c13-11-5-6-16(15-11)7-12(18)14-10-4-2-1-3-9(10)8-17/h5-6,9-10,17H,1-4,7-8H2,(H2,13,15)(H,14,18). The first-order chi connectivity index (χ1) is 8.69. The van der Waals surface area contributed by atoms with Gasteiger partial charge in [-0.25, -0.2) is 0 Å². The minimum Gasteiger partial charge on any atom is -0.396 e. The Labute approximate surface area is 106 Å². The topological polar surface area (TPSA) is 93.2 Å². The van der Waals surface area contributed by atoms with Gasteiger partial charge in [-0.15, -0.1) is 0 Å². The molecule has 2 atom stereocenters. The van der Waals surface area contributed by atoms with Crippen molar-refractivity contribution in [3.63, 3.8) is 0 Å². The van der Waals surface area contributed by atoms with Crippen LogP contribution in [-0.4, -0.2) is 33.4 Å². The molecule has 0 aliphatic heterocycles. The van der Waals surface area contributed by atoms with Crippen molar-refractivity contribution < 1.29 is 9.90 Å². The van der Waals surface area contributed by atoms with E-state index in [1.807, 2.05) is 0 Å². The zero-order valence-corrected chi connectivity index (χ0v) is 10.4. The van der Waals surface area contributed by atoms with Gasteiger partial charge in [-0.1, -0.05) is 12.8 Å². The van der Waals surface area contributed by atoms with Crippen LogP contribution in [0.3, 0.4) is 0 Å². The first kappa shape index (κ1) is 12.9. The molecule has 2 unspecified atom stereocenters. The Morgan fingerprint density at radius 1 is 1.56 bits per heavy atom. The summed E-state index contributed by atoms with van der Waals surface area (Å²) in [6.07, 6.45) is 5.84. The number of nitrogens with one attached hydrogen (secondary N) is 1. The summed E-state index contributed by atoms with van der Waals surface area (Å²) in [7, 11) is 0. The van der Waals surface area contributed by atoms with Crippen LogP contribution in [0.25, 0.3) is 0 Å². The maximum Gasteiger partial charge on any atom is 0.241 e. The summed E-state index contributed by atoms with van der Waals surface area (Å²) in [5.74, 6) is 0.516. The van der Waals surface area contributed by atoms with Gasteiger partial charge in [-0.3, -0.25) is 9.48 Å². The van der Waals surface area contributed by atoms with Crippen molar-refractivity contribution in [2.75, 3.05) is 12.3 Å². The average Bonchev–Trinajstić information content (AvgIpc) is 2.75. The van der Waals surface area contributed by atoms with Crippen LogP contribution in [0.2, 0.25) is 0 Å². The zero-order chi connectivity index (χ0) is 13.0. The molecule has 6 nitrogen and oxygen atoms in total. The molecule has 0 saturated heterocycles. The van der Waals surface area contributed by atoms with E-state index in [9.17, 15) is 9.90 Å². The Bertz CT molecular complexity index is 405. The molecular weight excluding hydrogens is 232 g/mol. The Kier molecular flexibility index (Phi) is 4.19. The number of anilines is 1. The van der Waals surface area contributed by atoms with Crippen molar-refractivity contribution in [2.45, 2.75) is 38.3 Å². The lowest BCUT2D eigenvalue weighted by atomic mass is 9.85. The number of nitrogen functional groups attached to an aromatic ring is 1. The number of amides is 1. The van der Waals surface area contributed by atoms with Crippen LogP contribution >= 0.6 is 0 Å². The van der Waals surface area contributed by atoms with Crippen molar-refractivity contribution in [3.05, 3.63) is 12.3 Å². The Balaban J connectivity index is 1.86. The number of aliphatic hydroxyl groups is 1. The molecule has 1 aliphatic carbocycles. The van der Waals surface area contributed by atoms with Crippen LogP contribution in [-0.2, 0) is 11.3 Å². The summed E-state index contributed by atoms with van der Waals surface area (Å²) in [5.41, 5.74) is 5.49. The molecular formula is C12H20N4O2. The number of hydrogen-bond donors (Lipinski definition) is 3. The summed E-state index contributed by atoms with van der Waals surface area (Å²) in [6, 6.07) is 1.74. The van der Waals surface area contributed by atoms with Crippen molar-refractivity contribution in [1.29, 1.82) is 0 Å². The van der Waals surface area contributed by atoms with Gasteiger partial charge in [0.1, 0.15) is 12.4 Å². The third kappa shape index (κ3) is 3.22. The van der Waals surface area contributed by atoms with E-state index in [1.54, 1.807) is 12.3 Å². The first-order valence-electron chi connectivity index (χ1n) is 6.38. The molecule has 0 bridgehead atoms. The van der Waals surface area contributed by atoms with Gasteiger partial charge in [0.2, 0.25) is 5.91 Å². The monoisotopic (exact) mass is 252 g/mol. The fourth-order valence-corrected chi connectivity index (χ4v) is 2.48. The van der Waals surface area contributed by atoms with Gasteiger partial charge in [0.25, 0.3) is 0 Å². The van der Waals surface area contributed by atoms with Crippen molar-refractivity contribution >= 4 is 11.7 Å². The predicted octanol–water partition coefficient (Wildman–Crippen LogP) is 0.133. The third-order valence-corrected chi connectivity index (χ3v) is 3.46. The lowest BCUT2D eigenvalue weighted by Gasteiger charge is -2.30. The van der Waals surface area contributed by atoms with Gasteiger partial charge < -0.3 is 16.2 Å². The highest BCUT2D eigenvalue weighted by atomic mass is 16.3. The van der Waals surface area contributed by atoms with Gasteiger partial charge in [-0.05, 0) is 18.9 Å². The molecule has 0 spiro atoms. The number of rotatable bonds is 4. The fourth-order valence-electron chi connectivity index (χ4n) is 2.48.